The van der Waals surface area contributed by atoms with Crippen molar-refractivity contribution < 1.29 is 0 Å². The second kappa shape index (κ2) is 6.44. The van der Waals surface area contributed by atoms with E-state index in [9.17, 15) is 0 Å². The van der Waals surface area contributed by atoms with E-state index in [0.29, 0.717) is 5.92 Å². The molecule has 116 valence electrons. The van der Waals surface area contributed by atoms with Crippen molar-refractivity contribution in [2.75, 3.05) is 18.1 Å². The van der Waals surface area contributed by atoms with Crippen molar-refractivity contribution in [3.8, 4) is 0 Å². The number of hydrogen-bond donors (Lipinski definition) is 0. The third-order valence-electron chi connectivity index (χ3n) is 4.06. The topological polar surface area (TPSA) is 32.3 Å². The largest absolute Gasteiger partial charge is 0.245 e. The molecule has 3 rings (SSSR count). The van der Waals surface area contributed by atoms with Crippen molar-refractivity contribution in [1.82, 2.24) is 15.0 Å². The Morgan fingerprint density at radius 1 is 1.05 bits per heavy atom. The molecule has 0 amide bonds. The lowest BCUT2D eigenvalue weighted by molar-refractivity contribution is 0.304. The van der Waals surface area contributed by atoms with Crippen LogP contribution in [0, 0.1) is 6.92 Å². The summed E-state index contributed by atoms with van der Waals surface area (Å²) in [6, 6.07) is 12.5. The van der Waals surface area contributed by atoms with Crippen molar-refractivity contribution in [3.05, 3.63) is 47.8 Å². The Bertz CT molecular complexity index is 618. The molecule has 1 heterocycles. The average Bonchev–Trinajstić information content (AvgIpc) is 3.37. The van der Waals surface area contributed by atoms with Gasteiger partial charge in [0.15, 0.2) is 0 Å². The number of hydrazine groups is 1. The molecule has 0 aliphatic heterocycles. The molecule has 1 aliphatic carbocycles. The lowest BCUT2D eigenvalue weighted by Crippen LogP contribution is -2.40. The van der Waals surface area contributed by atoms with Crippen LogP contribution >= 0.6 is 0 Å². The Morgan fingerprint density at radius 2 is 1.73 bits per heavy atom. The van der Waals surface area contributed by atoms with Crippen LogP contribution in [0.3, 0.4) is 0 Å². The number of anilines is 2. The number of aromatic nitrogens is 2. The van der Waals surface area contributed by atoms with E-state index < -0.39 is 0 Å². The molecule has 1 aromatic carbocycles. The van der Waals surface area contributed by atoms with E-state index in [1.807, 2.05) is 6.07 Å². The first-order chi connectivity index (χ1) is 10.7. The van der Waals surface area contributed by atoms with Gasteiger partial charge in [0.05, 0.1) is 5.69 Å². The highest BCUT2D eigenvalue weighted by Gasteiger charge is 2.27. The molecule has 4 nitrogen and oxygen atoms in total. The zero-order valence-corrected chi connectivity index (χ0v) is 13.7. The number of para-hydroxylation sites is 1. The lowest BCUT2D eigenvalue weighted by Gasteiger charge is -2.33. The summed E-state index contributed by atoms with van der Waals surface area (Å²) in [5.41, 5.74) is 3.34. The minimum absolute atomic E-state index is 0.634. The van der Waals surface area contributed by atoms with Crippen LogP contribution in [-0.4, -0.2) is 28.1 Å². The zero-order chi connectivity index (χ0) is 15.5. The van der Waals surface area contributed by atoms with Gasteiger partial charge in [0, 0.05) is 30.4 Å². The van der Waals surface area contributed by atoms with Crippen LogP contribution in [0.25, 0.3) is 0 Å². The van der Waals surface area contributed by atoms with Crippen LogP contribution in [0.1, 0.15) is 44.0 Å². The molecule has 0 unspecified atom stereocenters. The van der Waals surface area contributed by atoms with Crippen LogP contribution < -0.4 is 5.01 Å². The third-order valence-corrected chi connectivity index (χ3v) is 4.06. The van der Waals surface area contributed by atoms with Gasteiger partial charge in [-0.3, -0.25) is 0 Å². The highest BCUT2D eigenvalue weighted by atomic mass is 15.6. The van der Waals surface area contributed by atoms with Gasteiger partial charge >= 0.3 is 0 Å². The summed E-state index contributed by atoms with van der Waals surface area (Å²) in [5.74, 6) is 1.42. The quantitative estimate of drug-likeness (QED) is 0.753. The molecule has 0 saturated heterocycles. The van der Waals surface area contributed by atoms with Crippen LogP contribution in [0.2, 0.25) is 0 Å². The fourth-order valence-corrected chi connectivity index (χ4v) is 2.74. The average molecular weight is 296 g/mol. The second-order valence-electron chi connectivity index (χ2n) is 5.79. The lowest BCUT2D eigenvalue weighted by atomic mass is 10.2. The van der Waals surface area contributed by atoms with Crippen molar-refractivity contribution in [3.63, 3.8) is 0 Å². The van der Waals surface area contributed by atoms with Crippen LogP contribution in [0.4, 0.5) is 11.6 Å². The van der Waals surface area contributed by atoms with Crippen molar-refractivity contribution in [2.45, 2.75) is 39.5 Å². The minimum Gasteiger partial charge on any atom is -0.241 e. The molecule has 0 spiro atoms. The number of hydrogen-bond acceptors (Lipinski definition) is 4. The Hall–Kier alpha value is -1.94. The smallest absolute Gasteiger partial charge is 0.241 e. The van der Waals surface area contributed by atoms with E-state index in [-0.39, 0.29) is 0 Å². The van der Waals surface area contributed by atoms with Gasteiger partial charge in [-0.1, -0.05) is 32.0 Å². The van der Waals surface area contributed by atoms with Gasteiger partial charge in [0.25, 0.3) is 0 Å². The Labute approximate surface area is 132 Å². The first kappa shape index (κ1) is 15.0. The maximum atomic E-state index is 4.86. The van der Waals surface area contributed by atoms with Crippen LogP contribution in [0.5, 0.6) is 0 Å². The molecule has 0 N–H and O–H groups in total. The highest BCUT2D eigenvalue weighted by Crippen LogP contribution is 2.40. The highest BCUT2D eigenvalue weighted by molar-refractivity contribution is 5.56. The summed E-state index contributed by atoms with van der Waals surface area (Å²) in [5, 5.41) is 4.42. The standard InChI is InChI=1S/C18H24N4/c1-4-21(5-2)22(16-9-7-6-8-10-16)18-19-14(3)13-17(20-18)15-11-12-15/h6-10,13,15H,4-5,11-12H2,1-3H3. The summed E-state index contributed by atoms with van der Waals surface area (Å²) in [6.07, 6.45) is 2.51. The predicted octanol–water partition coefficient (Wildman–Crippen LogP) is 4.06. The van der Waals surface area contributed by atoms with Gasteiger partial charge in [0.1, 0.15) is 0 Å². The van der Waals surface area contributed by atoms with Crippen LogP contribution in [0.15, 0.2) is 36.4 Å². The summed E-state index contributed by atoms with van der Waals surface area (Å²) in [6.45, 7) is 8.22. The van der Waals surface area contributed by atoms with Gasteiger partial charge < -0.3 is 0 Å². The van der Waals surface area contributed by atoms with Crippen molar-refractivity contribution >= 4 is 11.6 Å². The van der Waals surface area contributed by atoms with Gasteiger partial charge in [-0.25, -0.2) is 20.0 Å². The first-order valence-electron chi connectivity index (χ1n) is 8.18. The van der Waals surface area contributed by atoms with E-state index in [2.05, 4.69) is 61.1 Å². The zero-order valence-electron chi connectivity index (χ0n) is 13.7. The summed E-state index contributed by atoms with van der Waals surface area (Å²) >= 11 is 0. The number of benzene rings is 1. The Kier molecular flexibility index (Phi) is 4.39. The van der Waals surface area contributed by atoms with E-state index in [1.165, 1.54) is 18.5 Å². The normalized spacial score (nSPS) is 14.4. The maximum absolute atomic E-state index is 4.86. The van der Waals surface area contributed by atoms with Crippen LogP contribution in [-0.2, 0) is 0 Å². The molecular formula is C18H24N4. The van der Waals surface area contributed by atoms with E-state index in [0.717, 1.165) is 30.4 Å². The van der Waals surface area contributed by atoms with Crippen molar-refractivity contribution in [1.29, 1.82) is 0 Å². The fraction of sp³-hybridized carbons (Fsp3) is 0.444. The fourth-order valence-electron chi connectivity index (χ4n) is 2.74. The molecule has 0 bridgehead atoms. The molecule has 1 fully saturated rings. The number of rotatable bonds is 6. The molecule has 22 heavy (non-hydrogen) atoms. The first-order valence-corrected chi connectivity index (χ1v) is 8.18. The molecule has 0 atom stereocenters. The van der Waals surface area contributed by atoms with Crippen molar-refractivity contribution in [2.24, 2.45) is 0 Å². The summed E-state index contributed by atoms with van der Waals surface area (Å²) in [7, 11) is 0. The second-order valence-corrected chi connectivity index (χ2v) is 5.79. The number of nitrogens with zero attached hydrogens (tertiary/aromatic N) is 4. The molecule has 0 radical (unpaired) electrons. The SMILES string of the molecule is CCN(CC)N(c1ccccc1)c1nc(C)cc(C2CC2)n1. The molecule has 1 aliphatic rings. The van der Waals surface area contributed by atoms with E-state index in [1.54, 1.807) is 0 Å². The van der Waals surface area contributed by atoms with E-state index in [4.69, 9.17) is 9.97 Å². The van der Waals surface area contributed by atoms with Gasteiger partial charge in [-0.2, -0.15) is 0 Å². The maximum Gasteiger partial charge on any atom is 0.245 e. The molecule has 2 aromatic rings. The summed E-state index contributed by atoms with van der Waals surface area (Å²) in [4.78, 5) is 9.57. The van der Waals surface area contributed by atoms with E-state index >= 15 is 0 Å². The monoisotopic (exact) mass is 296 g/mol. The molecule has 4 heteroatoms. The van der Waals surface area contributed by atoms with Gasteiger partial charge in [-0.15, -0.1) is 0 Å². The van der Waals surface area contributed by atoms with Gasteiger partial charge in [-0.05, 0) is 38.0 Å². The summed E-state index contributed by atoms with van der Waals surface area (Å²) < 4.78 is 0. The minimum atomic E-state index is 0.634. The third kappa shape index (κ3) is 3.12. The molecule has 1 saturated carbocycles. The Balaban J connectivity index is 2.05. The molecule has 1 aromatic heterocycles. The predicted molar refractivity (Wildman–Crippen MR) is 90.2 cm³/mol. The Morgan fingerprint density at radius 3 is 2.32 bits per heavy atom. The van der Waals surface area contributed by atoms with Gasteiger partial charge in [0.2, 0.25) is 5.95 Å². The molecular weight excluding hydrogens is 272 g/mol. The number of aryl methyl sites for hydroxylation is 1.